The Balaban J connectivity index is 2.43. The molecule has 3 aromatic rings. The summed E-state index contributed by atoms with van der Waals surface area (Å²) >= 11 is 1.92. The molecule has 4 nitrogen and oxygen atoms in total. The molecular weight excluding hydrogens is 528 g/mol. The molecule has 0 spiro atoms. The van der Waals surface area contributed by atoms with Gasteiger partial charge in [0, 0.05) is 35.1 Å². The summed E-state index contributed by atoms with van der Waals surface area (Å²) in [5, 5.41) is 0. The number of benzene rings is 2. The fourth-order valence-electron chi connectivity index (χ4n) is 5.47. The Bertz CT molecular complexity index is 1090. The highest BCUT2D eigenvalue weighted by Gasteiger charge is 2.28. The summed E-state index contributed by atoms with van der Waals surface area (Å²) < 4.78 is 23.2. The minimum Gasteiger partial charge on any atom is -0.382 e. The largest absolute Gasteiger partial charge is 0.382 e. The minimum atomic E-state index is 0.395. The van der Waals surface area contributed by atoms with E-state index >= 15 is 0 Å². The van der Waals surface area contributed by atoms with E-state index in [1.54, 1.807) is 14.2 Å². The summed E-state index contributed by atoms with van der Waals surface area (Å²) in [6, 6.07) is 13.6. The molecule has 0 amide bonds. The molecule has 0 saturated carbocycles. The fraction of sp³-hybridized carbons (Fsp3) is 0.556. The molecule has 0 atom stereocenters. The van der Waals surface area contributed by atoms with Crippen molar-refractivity contribution in [2.45, 2.75) is 92.3 Å². The molecule has 0 unspecified atom stereocenters. The molecule has 3 rings (SSSR count). The van der Waals surface area contributed by atoms with Gasteiger partial charge in [0.1, 0.15) is 0 Å². The van der Waals surface area contributed by atoms with Gasteiger partial charge in [0.05, 0.1) is 39.6 Å². The zero-order valence-electron chi connectivity index (χ0n) is 27.1. The van der Waals surface area contributed by atoms with Crippen LogP contribution in [0.1, 0.15) is 112 Å². The van der Waals surface area contributed by atoms with Crippen LogP contribution in [0.4, 0.5) is 0 Å². The van der Waals surface area contributed by atoms with Crippen molar-refractivity contribution < 1.29 is 18.9 Å². The molecule has 226 valence electrons. The summed E-state index contributed by atoms with van der Waals surface area (Å²) in [6.45, 7) is 21.7. The standard InChI is InChI=1S/C36H52O4S/c1-23(2)27-13-11-14-28(24(3)4)33(27)35-31(21-39-19-17-37-9)32(22-40-20-18-38-10)36(41-35)34-29(25(5)6)15-12-16-30(34)26(7)8/h11-16,23-26H,17-22H2,1-10H3. The van der Waals surface area contributed by atoms with Crippen molar-refractivity contribution in [3.63, 3.8) is 0 Å². The lowest BCUT2D eigenvalue weighted by Crippen LogP contribution is -2.08. The Labute approximate surface area is 253 Å². The molecule has 5 heteroatoms. The first kappa shape index (κ1) is 33.5. The second-order valence-electron chi connectivity index (χ2n) is 12.0. The van der Waals surface area contributed by atoms with E-state index in [4.69, 9.17) is 18.9 Å². The molecular formula is C36H52O4S. The van der Waals surface area contributed by atoms with Crippen LogP contribution in [0.2, 0.25) is 0 Å². The maximum Gasteiger partial charge on any atom is 0.0736 e. The first-order chi connectivity index (χ1) is 19.6. The van der Waals surface area contributed by atoms with E-state index in [2.05, 4.69) is 91.8 Å². The summed E-state index contributed by atoms with van der Waals surface area (Å²) in [5.41, 5.74) is 10.7. The van der Waals surface area contributed by atoms with Gasteiger partial charge in [0.2, 0.25) is 0 Å². The SMILES string of the molecule is COCCOCc1c(-c2c(C(C)C)cccc2C(C)C)sc(-c2c(C(C)C)cccc2C(C)C)c1COCCOC. The van der Waals surface area contributed by atoms with Crippen molar-refractivity contribution in [1.82, 2.24) is 0 Å². The van der Waals surface area contributed by atoms with Gasteiger partial charge in [-0.05, 0) is 57.1 Å². The van der Waals surface area contributed by atoms with E-state index < -0.39 is 0 Å². The van der Waals surface area contributed by atoms with Crippen molar-refractivity contribution in [3.05, 3.63) is 69.8 Å². The Morgan fingerprint density at radius 2 is 0.829 bits per heavy atom. The molecule has 2 aromatic carbocycles. The summed E-state index contributed by atoms with van der Waals surface area (Å²) in [7, 11) is 3.44. The van der Waals surface area contributed by atoms with E-state index in [1.165, 1.54) is 54.3 Å². The van der Waals surface area contributed by atoms with Crippen LogP contribution < -0.4 is 0 Å². The molecule has 0 N–H and O–H groups in total. The number of ether oxygens (including phenoxy) is 4. The maximum atomic E-state index is 6.30. The van der Waals surface area contributed by atoms with Crippen LogP contribution in [0.3, 0.4) is 0 Å². The third-order valence-electron chi connectivity index (χ3n) is 7.67. The number of rotatable bonds is 16. The number of hydrogen-bond donors (Lipinski definition) is 0. The molecule has 0 fully saturated rings. The average molecular weight is 581 g/mol. The summed E-state index contributed by atoms with van der Waals surface area (Å²) in [5.74, 6) is 1.58. The van der Waals surface area contributed by atoms with Crippen molar-refractivity contribution in [2.24, 2.45) is 0 Å². The fourth-order valence-corrected chi connectivity index (χ4v) is 6.96. The van der Waals surface area contributed by atoms with Gasteiger partial charge in [-0.3, -0.25) is 0 Å². The van der Waals surface area contributed by atoms with Crippen molar-refractivity contribution >= 4 is 11.3 Å². The van der Waals surface area contributed by atoms with E-state index in [9.17, 15) is 0 Å². The molecule has 0 aliphatic carbocycles. The van der Waals surface area contributed by atoms with Gasteiger partial charge in [-0.2, -0.15) is 0 Å². The van der Waals surface area contributed by atoms with Gasteiger partial charge >= 0.3 is 0 Å². The van der Waals surface area contributed by atoms with E-state index in [0.29, 0.717) is 63.3 Å². The van der Waals surface area contributed by atoms with Gasteiger partial charge in [-0.25, -0.2) is 0 Å². The maximum absolute atomic E-state index is 6.30. The van der Waals surface area contributed by atoms with Crippen LogP contribution in [0, 0.1) is 0 Å². The second kappa shape index (κ2) is 16.0. The van der Waals surface area contributed by atoms with Gasteiger partial charge in [0.15, 0.2) is 0 Å². The third-order valence-corrected chi connectivity index (χ3v) is 8.98. The smallest absolute Gasteiger partial charge is 0.0736 e. The van der Waals surface area contributed by atoms with E-state index in [1.807, 2.05) is 11.3 Å². The van der Waals surface area contributed by atoms with Gasteiger partial charge in [-0.1, -0.05) is 91.8 Å². The molecule has 0 bridgehead atoms. The number of hydrogen-bond acceptors (Lipinski definition) is 5. The van der Waals surface area contributed by atoms with E-state index in [0.717, 1.165) is 0 Å². The van der Waals surface area contributed by atoms with Gasteiger partial charge in [-0.15, -0.1) is 11.3 Å². The quantitative estimate of drug-likeness (QED) is 0.158. The minimum absolute atomic E-state index is 0.395. The Hall–Kier alpha value is -2.02. The van der Waals surface area contributed by atoms with Crippen LogP contribution >= 0.6 is 11.3 Å². The first-order valence-corrected chi connectivity index (χ1v) is 16.0. The van der Waals surface area contributed by atoms with E-state index in [-0.39, 0.29) is 0 Å². The molecule has 0 aliphatic rings. The summed E-state index contributed by atoms with van der Waals surface area (Å²) in [6.07, 6.45) is 0. The van der Waals surface area contributed by atoms with Gasteiger partial charge in [0.25, 0.3) is 0 Å². The normalized spacial score (nSPS) is 12.0. The summed E-state index contributed by atoms with van der Waals surface area (Å²) in [4.78, 5) is 2.62. The topological polar surface area (TPSA) is 36.9 Å². The zero-order valence-corrected chi connectivity index (χ0v) is 27.9. The predicted octanol–water partition coefficient (Wildman–Crippen LogP) is 9.90. The molecule has 0 aliphatic heterocycles. The van der Waals surface area contributed by atoms with Crippen molar-refractivity contribution in [2.75, 3.05) is 40.6 Å². The van der Waals surface area contributed by atoms with Crippen LogP contribution in [0.5, 0.6) is 0 Å². The van der Waals surface area contributed by atoms with Crippen LogP contribution in [-0.2, 0) is 32.2 Å². The van der Waals surface area contributed by atoms with Gasteiger partial charge < -0.3 is 18.9 Å². The van der Waals surface area contributed by atoms with Crippen molar-refractivity contribution in [3.8, 4) is 20.9 Å². The predicted molar refractivity (Wildman–Crippen MR) is 175 cm³/mol. The Morgan fingerprint density at radius 1 is 0.512 bits per heavy atom. The third kappa shape index (κ3) is 8.09. The highest BCUT2D eigenvalue weighted by Crippen LogP contribution is 2.50. The monoisotopic (exact) mass is 580 g/mol. The number of methoxy groups -OCH3 is 2. The first-order valence-electron chi connectivity index (χ1n) is 15.2. The zero-order chi connectivity index (χ0) is 30.1. The molecule has 1 heterocycles. The lowest BCUT2D eigenvalue weighted by molar-refractivity contribution is 0.0539. The molecule has 41 heavy (non-hydrogen) atoms. The van der Waals surface area contributed by atoms with Crippen LogP contribution in [-0.4, -0.2) is 40.6 Å². The van der Waals surface area contributed by atoms with Crippen LogP contribution in [0.25, 0.3) is 20.9 Å². The van der Waals surface area contributed by atoms with Crippen molar-refractivity contribution in [1.29, 1.82) is 0 Å². The molecule has 0 radical (unpaired) electrons. The Kier molecular flexibility index (Phi) is 13.1. The Morgan fingerprint density at radius 3 is 1.10 bits per heavy atom. The molecule has 0 saturated heterocycles. The number of thiophene rings is 1. The lowest BCUT2D eigenvalue weighted by Gasteiger charge is -2.20. The highest BCUT2D eigenvalue weighted by atomic mass is 32.1. The van der Waals surface area contributed by atoms with Crippen LogP contribution in [0.15, 0.2) is 36.4 Å². The molecule has 1 aromatic heterocycles. The lowest BCUT2D eigenvalue weighted by atomic mass is 9.85. The highest BCUT2D eigenvalue weighted by molar-refractivity contribution is 7.19. The average Bonchev–Trinajstić information content (AvgIpc) is 3.29. The second-order valence-corrected chi connectivity index (χ2v) is 13.1.